The zero-order valence-electron chi connectivity index (χ0n) is 34.0. The average molecular weight is 786 g/mol. The van der Waals surface area contributed by atoms with Crippen LogP contribution in [0.15, 0.2) is 237 Å². The Bertz CT molecular complexity index is 3520. The Balaban J connectivity index is 1.05. The number of fused-ring (bicyclic) bond motifs is 16. The first-order valence-corrected chi connectivity index (χ1v) is 21.6. The van der Waals surface area contributed by atoms with E-state index in [1.165, 1.54) is 99.1 Å². The molecule has 0 aromatic heterocycles. The van der Waals surface area contributed by atoms with E-state index in [0.717, 1.165) is 17.1 Å². The molecule has 0 aliphatic heterocycles. The molecule has 0 amide bonds. The first-order chi connectivity index (χ1) is 30.8. The Kier molecular flexibility index (Phi) is 7.59. The van der Waals surface area contributed by atoms with Crippen LogP contribution in [0, 0.1) is 0 Å². The van der Waals surface area contributed by atoms with Crippen LogP contribution in [-0.2, 0) is 5.41 Å². The van der Waals surface area contributed by atoms with Gasteiger partial charge in [-0.3, -0.25) is 0 Å². The summed E-state index contributed by atoms with van der Waals surface area (Å²) < 4.78 is 0. The van der Waals surface area contributed by atoms with Crippen molar-refractivity contribution in [2.45, 2.75) is 5.41 Å². The molecule has 0 bridgehead atoms. The van der Waals surface area contributed by atoms with Gasteiger partial charge in [0.25, 0.3) is 0 Å². The standard InChI is InChI=1S/C61H39N/c1-2-16-40(17-3-1)41-18-14-19-42(36-41)43-20-15-21-44(37-43)62(45-32-34-51-49-24-5-4-22-47(49)48-23-6-7-25-50(48)55(51)38-45)46-33-35-60-56(39-46)54-28-10-13-31-59(54)61(60)57-29-11-8-26-52(57)53-27-9-12-30-58(53)61/h1-39H. The van der Waals surface area contributed by atoms with E-state index in [9.17, 15) is 0 Å². The van der Waals surface area contributed by atoms with Gasteiger partial charge in [-0.25, -0.2) is 0 Å². The highest BCUT2D eigenvalue weighted by Crippen LogP contribution is 2.63. The molecular weight excluding hydrogens is 747 g/mol. The maximum absolute atomic E-state index is 2.47. The largest absolute Gasteiger partial charge is 0.310 e. The molecule has 0 fully saturated rings. The lowest BCUT2D eigenvalue weighted by Gasteiger charge is -2.31. The molecule has 11 aromatic carbocycles. The van der Waals surface area contributed by atoms with Crippen molar-refractivity contribution >= 4 is 49.4 Å². The smallest absolute Gasteiger partial charge is 0.0725 e. The second-order valence-corrected chi connectivity index (χ2v) is 16.8. The summed E-state index contributed by atoms with van der Waals surface area (Å²) in [6, 6.07) is 87.8. The summed E-state index contributed by atoms with van der Waals surface area (Å²) in [5, 5.41) is 7.60. The summed E-state index contributed by atoms with van der Waals surface area (Å²) in [5.41, 5.74) is 18.3. The molecule has 288 valence electrons. The van der Waals surface area contributed by atoms with Gasteiger partial charge in [0.1, 0.15) is 0 Å². The topological polar surface area (TPSA) is 3.24 Å². The van der Waals surface area contributed by atoms with E-state index >= 15 is 0 Å². The monoisotopic (exact) mass is 785 g/mol. The summed E-state index contributed by atoms with van der Waals surface area (Å²) >= 11 is 0. The lowest BCUT2D eigenvalue weighted by molar-refractivity contribution is 0.794. The summed E-state index contributed by atoms with van der Waals surface area (Å²) in [6.45, 7) is 0. The molecule has 0 saturated carbocycles. The van der Waals surface area contributed by atoms with Crippen molar-refractivity contribution in [1.82, 2.24) is 0 Å². The first-order valence-electron chi connectivity index (χ1n) is 21.6. The van der Waals surface area contributed by atoms with Gasteiger partial charge in [0, 0.05) is 17.1 Å². The summed E-state index contributed by atoms with van der Waals surface area (Å²) in [7, 11) is 0. The predicted molar refractivity (Wildman–Crippen MR) is 261 cm³/mol. The first kappa shape index (κ1) is 34.8. The predicted octanol–water partition coefficient (Wildman–Crippen LogP) is 16.3. The van der Waals surface area contributed by atoms with E-state index < -0.39 is 5.41 Å². The Morgan fingerprint density at radius 1 is 0.226 bits per heavy atom. The molecule has 13 rings (SSSR count). The van der Waals surface area contributed by atoms with Gasteiger partial charge in [0.2, 0.25) is 0 Å². The van der Waals surface area contributed by atoms with E-state index in [1.807, 2.05) is 0 Å². The lowest BCUT2D eigenvalue weighted by atomic mass is 9.70. The lowest BCUT2D eigenvalue weighted by Crippen LogP contribution is -2.25. The van der Waals surface area contributed by atoms with Crippen molar-refractivity contribution in [1.29, 1.82) is 0 Å². The summed E-state index contributed by atoms with van der Waals surface area (Å²) in [5.74, 6) is 0. The molecule has 2 aliphatic rings. The fourth-order valence-corrected chi connectivity index (χ4v) is 11.0. The van der Waals surface area contributed by atoms with Gasteiger partial charge >= 0.3 is 0 Å². The number of hydrogen-bond acceptors (Lipinski definition) is 1. The molecule has 0 saturated heterocycles. The zero-order chi connectivity index (χ0) is 40.8. The van der Waals surface area contributed by atoms with Crippen molar-refractivity contribution in [3.63, 3.8) is 0 Å². The van der Waals surface area contributed by atoms with Crippen molar-refractivity contribution in [2.24, 2.45) is 0 Å². The molecule has 11 aromatic rings. The SMILES string of the molecule is c1ccc(-c2cccc(-c3cccc(N(c4ccc5c(c4)-c4ccccc4C54c5ccccc5-c5ccccc54)c4ccc5c6ccccc6c6ccccc6c5c4)c3)c2)cc1. The third-order valence-corrected chi connectivity index (χ3v) is 13.6. The normalized spacial score (nSPS) is 13.0. The highest BCUT2D eigenvalue weighted by atomic mass is 15.1. The van der Waals surface area contributed by atoms with Crippen LogP contribution < -0.4 is 4.90 Å². The Morgan fingerprint density at radius 2 is 0.629 bits per heavy atom. The average Bonchev–Trinajstić information content (AvgIpc) is 3.82. The molecule has 2 aliphatic carbocycles. The van der Waals surface area contributed by atoms with Gasteiger partial charge in [-0.05, 0) is 142 Å². The van der Waals surface area contributed by atoms with Gasteiger partial charge in [-0.1, -0.05) is 194 Å². The number of anilines is 3. The van der Waals surface area contributed by atoms with E-state index in [1.54, 1.807) is 0 Å². The Hall–Kier alpha value is -8.00. The Morgan fingerprint density at radius 3 is 1.26 bits per heavy atom. The molecule has 0 atom stereocenters. The van der Waals surface area contributed by atoms with Crippen molar-refractivity contribution < 1.29 is 0 Å². The van der Waals surface area contributed by atoms with Crippen LogP contribution in [0.25, 0.3) is 76.8 Å². The molecular formula is C61H39N. The van der Waals surface area contributed by atoms with Gasteiger partial charge < -0.3 is 4.90 Å². The van der Waals surface area contributed by atoms with Crippen LogP contribution in [0.3, 0.4) is 0 Å². The molecule has 1 heteroatoms. The van der Waals surface area contributed by atoms with Gasteiger partial charge in [-0.15, -0.1) is 0 Å². The van der Waals surface area contributed by atoms with Gasteiger partial charge in [0.05, 0.1) is 5.41 Å². The van der Waals surface area contributed by atoms with Crippen LogP contribution in [0.1, 0.15) is 22.3 Å². The van der Waals surface area contributed by atoms with Crippen molar-refractivity contribution in [3.8, 4) is 44.5 Å². The zero-order valence-corrected chi connectivity index (χ0v) is 34.0. The van der Waals surface area contributed by atoms with Gasteiger partial charge in [0.15, 0.2) is 0 Å². The summed E-state index contributed by atoms with van der Waals surface area (Å²) in [6.07, 6.45) is 0. The van der Waals surface area contributed by atoms with Crippen molar-refractivity contribution in [3.05, 3.63) is 259 Å². The van der Waals surface area contributed by atoms with Crippen LogP contribution in [0.4, 0.5) is 17.1 Å². The number of rotatable bonds is 5. The molecule has 0 radical (unpaired) electrons. The van der Waals surface area contributed by atoms with E-state index in [0.29, 0.717) is 0 Å². The van der Waals surface area contributed by atoms with E-state index in [2.05, 4.69) is 241 Å². The molecule has 0 heterocycles. The van der Waals surface area contributed by atoms with Crippen LogP contribution >= 0.6 is 0 Å². The molecule has 62 heavy (non-hydrogen) atoms. The molecule has 0 unspecified atom stereocenters. The minimum absolute atomic E-state index is 0.394. The molecule has 1 nitrogen and oxygen atoms in total. The highest BCUT2D eigenvalue weighted by molar-refractivity contribution is 6.25. The fraction of sp³-hybridized carbons (Fsp3) is 0.0164. The third-order valence-electron chi connectivity index (χ3n) is 13.6. The number of benzene rings is 11. The molecule has 1 spiro atoms. The highest BCUT2D eigenvalue weighted by Gasteiger charge is 2.51. The second-order valence-electron chi connectivity index (χ2n) is 16.8. The molecule has 0 N–H and O–H groups in total. The van der Waals surface area contributed by atoms with Crippen LogP contribution in [0.5, 0.6) is 0 Å². The van der Waals surface area contributed by atoms with Crippen LogP contribution in [0.2, 0.25) is 0 Å². The fourth-order valence-electron chi connectivity index (χ4n) is 11.0. The van der Waals surface area contributed by atoms with Crippen molar-refractivity contribution in [2.75, 3.05) is 4.90 Å². The van der Waals surface area contributed by atoms with Gasteiger partial charge in [-0.2, -0.15) is 0 Å². The second kappa shape index (κ2) is 13.5. The number of hydrogen-bond donors (Lipinski definition) is 0. The van der Waals surface area contributed by atoms with E-state index in [-0.39, 0.29) is 0 Å². The minimum atomic E-state index is -0.394. The number of nitrogens with zero attached hydrogens (tertiary/aromatic N) is 1. The maximum Gasteiger partial charge on any atom is 0.0725 e. The Labute approximate surface area is 361 Å². The summed E-state index contributed by atoms with van der Waals surface area (Å²) in [4.78, 5) is 2.47. The maximum atomic E-state index is 2.47. The van der Waals surface area contributed by atoms with E-state index in [4.69, 9.17) is 0 Å². The third kappa shape index (κ3) is 4.97. The minimum Gasteiger partial charge on any atom is -0.310 e. The quantitative estimate of drug-likeness (QED) is 0.157. The van der Waals surface area contributed by atoms with Crippen LogP contribution in [-0.4, -0.2) is 0 Å².